The van der Waals surface area contributed by atoms with Gasteiger partial charge in [0.15, 0.2) is 5.65 Å². The molecule has 2 heterocycles. The molecular weight excluding hydrogens is 420 g/mol. The Hall–Kier alpha value is -3.38. The van der Waals surface area contributed by atoms with E-state index in [1.165, 1.54) is 31.3 Å². The second kappa shape index (κ2) is 9.40. The highest BCUT2D eigenvalue weighted by Gasteiger charge is 2.15. The molecular formula is C25H25ClN6. The minimum absolute atomic E-state index is 0.586. The first kappa shape index (κ1) is 20.5. The maximum atomic E-state index is 6.05. The highest BCUT2D eigenvalue weighted by Crippen LogP contribution is 2.28. The lowest BCUT2D eigenvalue weighted by molar-refractivity contribution is 0.679. The van der Waals surface area contributed by atoms with E-state index in [1.807, 2.05) is 59.3 Å². The van der Waals surface area contributed by atoms with Crippen LogP contribution in [-0.4, -0.2) is 26.3 Å². The van der Waals surface area contributed by atoms with Gasteiger partial charge in [0.25, 0.3) is 0 Å². The van der Waals surface area contributed by atoms with Crippen molar-refractivity contribution in [2.45, 2.75) is 32.1 Å². The fourth-order valence-electron chi connectivity index (χ4n) is 3.98. The summed E-state index contributed by atoms with van der Waals surface area (Å²) < 4.78 is 1.85. The molecule has 162 valence electrons. The Kier molecular flexibility index (Phi) is 6.03. The van der Waals surface area contributed by atoms with Gasteiger partial charge in [-0.3, -0.25) is 0 Å². The molecule has 2 aromatic carbocycles. The molecule has 1 aliphatic rings. The van der Waals surface area contributed by atoms with Gasteiger partial charge in [-0.2, -0.15) is 15.1 Å². The molecule has 2 aromatic heterocycles. The number of nitrogens with zero attached hydrogens (tertiary/aromatic N) is 4. The second-order valence-electron chi connectivity index (χ2n) is 7.94. The van der Waals surface area contributed by atoms with Gasteiger partial charge in [-0.1, -0.05) is 41.4 Å². The highest BCUT2D eigenvalue weighted by molar-refractivity contribution is 6.30. The standard InChI is InChI=1S/C25H25ClN6/c26-19-11-13-20(14-12-19)29-23-22-17-28-32(21-9-5-2-6-10-21)24(22)31-25(30-23)27-16-15-18-7-3-1-4-8-18/h2,5-7,9-14,17H,1,3-4,8,15-16H2,(H2,27,29,30,31). The third-order valence-corrected chi connectivity index (χ3v) is 5.90. The zero-order valence-corrected chi connectivity index (χ0v) is 18.5. The fourth-order valence-corrected chi connectivity index (χ4v) is 4.10. The summed E-state index contributed by atoms with van der Waals surface area (Å²) in [4.78, 5) is 9.58. The van der Waals surface area contributed by atoms with Crippen molar-refractivity contribution in [3.8, 4) is 5.69 Å². The normalized spacial score (nSPS) is 13.7. The van der Waals surface area contributed by atoms with Gasteiger partial charge in [0, 0.05) is 17.3 Å². The van der Waals surface area contributed by atoms with Crippen molar-refractivity contribution in [1.82, 2.24) is 19.7 Å². The minimum atomic E-state index is 0.586. The molecule has 0 aliphatic heterocycles. The molecule has 1 aliphatic carbocycles. The molecule has 4 aromatic rings. The van der Waals surface area contributed by atoms with Crippen LogP contribution in [0.3, 0.4) is 0 Å². The smallest absolute Gasteiger partial charge is 0.226 e. The molecule has 7 heteroatoms. The molecule has 32 heavy (non-hydrogen) atoms. The van der Waals surface area contributed by atoms with Gasteiger partial charge < -0.3 is 10.6 Å². The third kappa shape index (κ3) is 4.60. The summed E-state index contributed by atoms with van der Waals surface area (Å²) in [6.07, 6.45) is 10.2. The lowest BCUT2D eigenvalue weighted by Gasteiger charge is -2.14. The van der Waals surface area contributed by atoms with Crippen LogP contribution >= 0.6 is 11.6 Å². The van der Waals surface area contributed by atoms with Crippen LogP contribution in [-0.2, 0) is 0 Å². The Labute approximate surface area is 192 Å². The highest BCUT2D eigenvalue weighted by atomic mass is 35.5. The summed E-state index contributed by atoms with van der Waals surface area (Å²) in [6.45, 7) is 0.803. The molecule has 0 saturated heterocycles. The van der Waals surface area contributed by atoms with E-state index in [0.29, 0.717) is 16.8 Å². The summed E-state index contributed by atoms with van der Waals surface area (Å²) in [5.41, 5.74) is 4.14. The second-order valence-corrected chi connectivity index (χ2v) is 8.38. The number of para-hydroxylation sites is 1. The number of anilines is 3. The van der Waals surface area contributed by atoms with Crippen LogP contribution in [0.2, 0.25) is 5.02 Å². The van der Waals surface area contributed by atoms with E-state index in [2.05, 4.69) is 21.8 Å². The summed E-state index contributed by atoms with van der Waals surface area (Å²) in [5, 5.41) is 13.0. The van der Waals surface area contributed by atoms with E-state index < -0.39 is 0 Å². The summed E-state index contributed by atoms with van der Waals surface area (Å²) in [7, 11) is 0. The summed E-state index contributed by atoms with van der Waals surface area (Å²) in [6, 6.07) is 17.6. The van der Waals surface area contributed by atoms with Crippen molar-refractivity contribution in [3.05, 3.63) is 77.5 Å². The van der Waals surface area contributed by atoms with Crippen LogP contribution in [0.4, 0.5) is 17.5 Å². The summed E-state index contributed by atoms with van der Waals surface area (Å²) in [5.74, 6) is 1.29. The predicted octanol–water partition coefficient (Wildman–Crippen LogP) is 6.51. The number of aromatic nitrogens is 4. The Morgan fingerprint density at radius 2 is 1.81 bits per heavy atom. The number of fused-ring (bicyclic) bond motifs is 1. The topological polar surface area (TPSA) is 67.7 Å². The number of benzene rings is 2. The van der Waals surface area contributed by atoms with Gasteiger partial charge in [-0.15, -0.1) is 0 Å². The fraction of sp³-hybridized carbons (Fsp3) is 0.240. The van der Waals surface area contributed by atoms with Crippen molar-refractivity contribution < 1.29 is 0 Å². The molecule has 0 spiro atoms. The van der Waals surface area contributed by atoms with E-state index in [0.717, 1.165) is 35.4 Å². The monoisotopic (exact) mass is 444 g/mol. The van der Waals surface area contributed by atoms with E-state index in [-0.39, 0.29) is 0 Å². The van der Waals surface area contributed by atoms with Gasteiger partial charge in [0.05, 0.1) is 17.3 Å². The Bertz CT molecular complexity index is 1230. The average Bonchev–Trinajstić information content (AvgIpc) is 3.26. The number of nitrogens with one attached hydrogen (secondary N) is 2. The van der Waals surface area contributed by atoms with Crippen molar-refractivity contribution in [2.24, 2.45) is 0 Å². The van der Waals surface area contributed by atoms with Crippen molar-refractivity contribution in [3.63, 3.8) is 0 Å². The van der Waals surface area contributed by atoms with Gasteiger partial charge >= 0.3 is 0 Å². The molecule has 0 bridgehead atoms. The van der Waals surface area contributed by atoms with E-state index in [4.69, 9.17) is 21.6 Å². The predicted molar refractivity (Wildman–Crippen MR) is 131 cm³/mol. The molecule has 5 rings (SSSR count). The molecule has 0 saturated carbocycles. The van der Waals surface area contributed by atoms with E-state index >= 15 is 0 Å². The van der Waals surface area contributed by atoms with Crippen molar-refractivity contribution >= 4 is 40.1 Å². The van der Waals surface area contributed by atoms with Crippen LogP contribution < -0.4 is 10.6 Å². The lowest BCUT2D eigenvalue weighted by atomic mass is 9.97. The van der Waals surface area contributed by atoms with Gasteiger partial charge in [-0.25, -0.2) is 4.68 Å². The van der Waals surface area contributed by atoms with E-state index in [1.54, 1.807) is 6.20 Å². The van der Waals surface area contributed by atoms with Crippen molar-refractivity contribution in [1.29, 1.82) is 0 Å². The molecule has 6 nitrogen and oxygen atoms in total. The zero-order chi connectivity index (χ0) is 21.8. The maximum Gasteiger partial charge on any atom is 0.226 e. The maximum absolute atomic E-state index is 6.05. The molecule has 0 amide bonds. The SMILES string of the molecule is Clc1ccc(Nc2nc(NCCC3=CCCCC3)nc3c2cnn3-c2ccccc2)cc1. The number of hydrogen-bond acceptors (Lipinski definition) is 5. The van der Waals surface area contributed by atoms with Crippen LogP contribution in [0.5, 0.6) is 0 Å². The zero-order valence-electron chi connectivity index (χ0n) is 17.8. The molecule has 0 atom stereocenters. The minimum Gasteiger partial charge on any atom is -0.354 e. The molecule has 0 unspecified atom stereocenters. The van der Waals surface area contributed by atoms with Crippen molar-refractivity contribution in [2.75, 3.05) is 17.2 Å². The molecule has 0 radical (unpaired) electrons. The third-order valence-electron chi connectivity index (χ3n) is 5.65. The largest absolute Gasteiger partial charge is 0.354 e. The number of hydrogen-bond donors (Lipinski definition) is 2. The van der Waals surface area contributed by atoms with Crippen LogP contribution in [0.15, 0.2) is 72.4 Å². The quantitative estimate of drug-likeness (QED) is 0.318. The van der Waals surface area contributed by atoms with E-state index in [9.17, 15) is 0 Å². The number of allylic oxidation sites excluding steroid dienone is 1. The van der Waals surface area contributed by atoms with Crippen LogP contribution in [0.25, 0.3) is 16.7 Å². The molecule has 0 fully saturated rings. The van der Waals surface area contributed by atoms with Gasteiger partial charge in [-0.05, 0) is 68.5 Å². The van der Waals surface area contributed by atoms with Gasteiger partial charge in [0.1, 0.15) is 5.82 Å². The Morgan fingerprint density at radius 1 is 0.969 bits per heavy atom. The number of halogens is 1. The molecule has 2 N–H and O–H groups in total. The Balaban J connectivity index is 1.47. The van der Waals surface area contributed by atoms with Crippen LogP contribution in [0.1, 0.15) is 32.1 Å². The van der Waals surface area contributed by atoms with Gasteiger partial charge in [0.2, 0.25) is 5.95 Å². The Morgan fingerprint density at radius 3 is 2.59 bits per heavy atom. The first-order chi connectivity index (χ1) is 15.8. The van der Waals surface area contributed by atoms with Crippen LogP contribution in [0, 0.1) is 0 Å². The lowest BCUT2D eigenvalue weighted by Crippen LogP contribution is -2.09. The first-order valence-electron chi connectivity index (χ1n) is 11.0. The summed E-state index contributed by atoms with van der Waals surface area (Å²) >= 11 is 6.05. The first-order valence-corrected chi connectivity index (χ1v) is 11.4. The number of rotatable bonds is 7. The average molecular weight is 445 g/mol.